The Morgan fingerprint density at radius 3 is 2.78 bits per heavy atom. The molecule has 5 rings (SSSR count). The van der Waals surface area contributed by atoms with Gasteiger partial charge in [0.15, 0.2) is 0 Å². The Hall–Kier alpha value is -2.69. The van der Waals surface area contributed by atoms with Crippen molar-refractivity contribution in [2.75, 3.05) is 19.9 Å². The Morgan fingerprint density at radius 1 is 1.33 bits per heavy atom. The zero-order valence-electron chi connectivity index (χ0n) is 20.3. The first-order valence-electron chi connectivity index (χ1n) is 12.0. The second-order valence-corrected chi connectivity index (χ2v) is 13.3. The molecule has 2 amide bonds. The fourth-order valence-corrected chi connectivity index (χ4v) is 6.96. The number of amides is 2. The molecule has 11 heteroatoms. The number of ether oxygens (including phenoxy) is 2. The first kappa shape index (κ1) is 25.0. The number of methoxy groups -OCH3 is 1. The molecule has 0 bridgehead atoms. The molecule has 3 fully saturated rings. The maximum atomic E-state index is 13.2. The highest BCUT2D eigenvalue weighted by Gasteiger charge is 2.61. The number of nitrogens with zero attached hydrogens (tertiary/aromatic N) is 1. The molecule has 1 aromatic carbocycles. The molecule has 0 spiro atoms. The number of aromatic nitrogens is 1. The number of fused-ring (bicyclic) bond motifs is 1. The Kier molecular flexibility index (Phi) is 6.46. The molecular formula is C25H31ClN4O5S. The minimum atomic E-state index is -2.80. The summed E-state index contributed by atoms with van der Waals surface area (Å²) in [5.41, 5.74) is -1.11. The molecule has 2 aliphatic carbocycles. The van der Waals surface area contributed by atoms with Crippen molar-refractivity contribution in [1.29, 1.82) is 0 Å². The standard InChI is InChI=1S/C25H31ClN4O5S/c1-4-14-11-25(14,24(32)30-36(3,33)17-6-7-17)29-22(31)20-10-16(12-27-20)35-23-19-9-15(26)5-8-18(19)21(34-2)13-28-23/h4-5,8-9,13-14,16-17,20,27,36H,1,6-7,10-12H2,2-3H3,(H,29,31)(H,30,32,33)/t14-,16-,20+,25-/m1/s1. The predicted octanol–water partition coefficient (Wildman–Crippen LogP) is 1.91. The number of nitrogens with one attached hydrogen (secondary N) is 3. The average Bonchev–Trinajstić information content (AvgIpc) is 3.76. The van der Waals surface area contributed by atoms with Crippen molar-refractivity contribution in [2.45, 2.75) is 48.6 Å². The van der Waals surface area contributed by atoms with Crippen LogP contribution in [0.1, 0.15) is 25.7 Å². The number of carbonyl (C=O) groups excluding carboxylic acids is 2. The molecule has 2 aromatic rings. The lowest BCUT2D eigenvalue weighted by Gasteiger charge is -2.26. The highest BCUT2D eigenvalue weighted by atomic mass is 35.5. The third-order valence-corrected chi connectivity index (χ3v) is 10.1. The van der Waals surface area contributed by atoms with E-state index in [1.165, 1.54) is 0 Å². The summed E-state index contributed by atoms with van der Waals surface area (Å²) in [6.07, 6.45) is 7.10. The van der Waals surface area contributed by atoms with Gasteiger partial charge in [-0.05, 0) is 47.6 Å². The van der Waals surface area contributed by atoms with E-state index in [0.29, 0.717) is 36.0 Å². The van der Waals surface area contributed by atoms with Crippen LogP contribution in [0.25, 0.3) is 10.8 Å². The van der Waals surface area contributed by atoms with Crippen molar-refractivity contribution in [3.63, 3.8) is 0 Å². The van der Waals surface area contributed by atoms with Crippen LogP contribution in [-0.4, -0.2) is 63.9 Å². The molecule has 1 saturated heterocycles. The molecular weight excluding hydrogens is 504 g/mol. The number of benzene rings is 1. The minimum Gasteiger partial charge on any atom is -0.494 e. The van der Waals surface area contributed by atoms with E-state index in [9.17, 15) is 13.8 Å². The highest BCUT2D eigenvalue weighted by molar-refractivity contribution is 8.01. The van der Waals surface area contributed by atoms with Gasteiger partial charge in [0.05, 0.1) is 19.3 Å². The van der Waals surface area contributed by atoms with Crippen LogP contribution < -0.4 is 24.8 Å². The van der Waals surface area contributed by atoms with Crippen LogP contribution in [0, 0.1) is 5.92 Å². The molecule has 1 aliphatic heterocycles. The van der Waals surface area contributed by atoms with Crippen molar-refractivity contribution < 1.29 is 23.3 Å². The summed E-state index contributed by atoms with van der Waals surface area (Å²) < 4.78 is 27.1. The van der Waals surface area contributed by atoms with Gasteiger partial charge in [0, 0.05) is 46.2 Å². The van der Waals surface area contributed by atoms with Crippen LogP contribution in [0.2, 0.25) is 5.02 Å². The lowest BCUT2D eigenvalue weighted by molar-refractivity contribution is -0.130. The van der Waals surface area contributed by atoms with Crippen molar-refractivity contribution in [3.05, 3.63) is 42.1 Å². The Morgan fingerprint density at radius 2 is 2.11 bits per heavy atom. The summed E-state index contributed by atoms with van der Waals surface area (Å²) in [6, 6.07) is 4.85. The van der Waals surface area contributed by atoms with Gasteiger partial charge in [-0.1, -0.05) is 17.7 Å². The lowest BCUT2D eigenvalue weighted by Crippen LogP contribution is -2.56. The van der Waals surface area contributed by atoms with Crippen LogP contribution in [0.5, 0.6) is 11.6 Å². The fourth-order valence-electron chi connectivity index (χ4n) is 4.87. The van der Waals surface area contributed by atoms with Gasteiger partial charge in [-0.25, -0.2) is 4.98 Å². The Bertz CT molecular complexity index is 1280. The van der Waals surface area contributed by atoms with E-state index in [1.54, 1.807) is 37.8 Å². The molecule has 2 heterocycles. The predicted molar refractivity (Wildman–Crippen MR) is 140 cm³/mol. The number of rotatable bonds is 9. The van der Waals surface area contributed by atoms with Crippen LogP contribution in [0.3, 0.4) is 0 Å². The first-order chi connectivity index (χ1) is 17.2. The van der Waals surface area contributed by atoms with E-state index in [0.717, 1.165) is 23.6 Å². The number of hydrogen-bond donors (Lipinski definition) is 4. The normalized spacial score (nSPS) is 27.8. The van der Waals surface area contributed by atoms with E-state index in [1.807, 2.05) is 6.07 Å². The topological polar surface area (TPSA) is 119 Å². The van der Waals surface area contributed by atoms with E-state index in [-0.39, 0.29) is 23.2 Å². The van der Waals surface area contributed by atoms with E-state index < -0.39 is 27.6 Å². The summed E-state index contributed by atoms with van der Waals surface area (Å²) in [5.74, 6) is 0.126. The van der Waals surface area contributed by atoms with E-state index in [4.69, 9.17) is 21.1 Å². The number of thiol groups is 1. The Labute approximate surface area is 215 Å². The maximum Gasteiger partial charge on any atom is 0.256 e. The summed E-state index contributed by atoms with van der Waals surface area (Å²) in [7, 11) is -1.22. The van der Waals surface area contributed by atoms with Crippen LogP contribution >= 0.6 is 11.6 Å². The molecule has 1 aromatic heterocycles. The number of halogens is 1. The fraction of sp³-hybridized carbons (Fsp3) is 0.480. The third-order valence-electron chi connectivity index (χ3n) is 7.30. The monoisotopic (exact) mass is 534 g/mol. The quantitative estimate of drug-likeness (QED) is 0.287. The first-order valence-corrected chi connectivity index (χ1v) is 14.6. The minimum absolute atomic E-state index is 0.0436. The molecule has 194 valence electrons. The second-order valence-electron chi connectivity index (χ2n) is 9.93. The highest BCUT2D eigenvalue weighted by Crippen LogP contribution is 2.45. The van der Waals surface area contributed by atoms with Crippen LogP contribution in [-0.2, 0) is 19.7 Å². The molecule has 0 radical (unpaired) electrons. The van der Waals surface area contributed by atoms with Gasteiger partial charge < -0.3 is 20.1 Å². The number of pyridine rings is 1. The van der Waals surface area contributed by atoms with Crippen molar-refractivity contribution in [2.24, 2.45) is 5.92 Å². The van der Waals surface area contributed by atoms with Crippen molar-refractivity contribution >= 4 is 44.3 Å². The number of carbonyl (C=O) groups is 2. The van der Waals surface area contributed by atoms with Gasteiger partial charge in [-0.15, -0.1) is 6.58 Å². The number of hydrogen-bond acceptors (Lipinski definition) is 7. The van der Waals surface area contributed by atoms with Gasteiger partial charge in [-0.2, -0.15) is 0 Å². The van der Waals surface area contributed by atoms with Crippen LogP contribution in [0.15, 0.2) is 37.1 Å². The average molecular weight is 535 g/mol. The Balaban J connectivity index is 1.25. The molecule has 0 unspecified atom stereocenters. The zero-order chi connectivity index (χ0) is 25.7. The summed E-state index contributed by atoms with van der Waals surface area (Å²) in [6.45, 7) is 4.22. The zero-order valence-corrected chi connectivity index (χ0v) is 21.9. The van der Waals surface area contributed by atoms with Crippen molar-refractivity contribution in [3.8, 4) is 11.6 Å². The molecule has 3 aliphatic rings. The molecule has 2 saturated carbocycles. The van der Waals surface area contributed by atoms with E-state index >= 15 is 0 Å². The molecule has 4 atom stereocenters. The van der Waals surface area contributed by atoms with Gasteiger partial charge >= 0.3 is 0 Å². The summed E-state index contributed by atoms with van der Waals surface area (Å²) >= 11 is 6.20. The van der Waals surface area contributed by atoms with Gasteiger partial charge in [0.25, 0.3) is 5.91 Å². The van der Waals surface area contributed by atoms with Crippen LogP contribution in [0.4, 0.5) is 0 Å². The molecule has 36 heavy (non-hydrogen) atoms. The third kappa shape index (κ3) is 4.69. The molecule has 3 N–H and O–H groups in total. The van der Waals surface area contributed by atoms with Gasteiger partial charge in [0.1, 0.15) is 17.4 Å². The summed E-state index contributed by atoms with van der Waals surface area (Å²) in [5, 5.41) is 8.23. The summed E-state index contributed by atoms with van der Waals surface area (Å²) in [4.78, 5) is 30.6. The lowest BCUT2D eigenvalue weighted by atomic mass is 10.1. The second kappa shape index (κ2) is 9.32. The largest absolute Gasteiger partial charge is 0.494 e. The van der Waals surface area contributed by atoms with Gasteiger partial charge in [0.2, 0.25) is 11.8 Å². The SMILES string of the molecule is C=C[C@@H]1C[C@]1(NC(=O)[C@@H]1C[C@@H](Oc2ncc(OC)c3ccc(Cl)cc23)CN1)C(=O)N[SH](C)(=O)C1CC1. The van der Waals surface area contributed by atoms with E-state index in [2.05, 4.69) is 26.9 Å². The smallest absolute Gasteiger partial charge is 0.256 e. The maximum absolute atomic E-state index is 13.2. The molecule has 9 nitrogen and oxygen atoms in total. The van der Waals surface area contributed by atoms with Crippen molar-refractivity contribution in [1.82, 2.24) is 20.3 Å². The van der Waals surface area contributed by atoms with Gasteiger partial charge in [-0.3, -0.25) is 18.5 Å².